The van der Waals surface area contributed by atoms with Crippen molar-refractivity contribution in [2.45, 2.75) is 26.4 Å². The van der Waals surface area contributed by atoms with Crippen LogP contribution in [0.3, 0.4) is 0 Å². The van der Waals surface area contributed by atoms with E-state index in [1.807, 2.05) is 38.1 Å². The number of anilines is 1. The maximum atomic E-state index is 11.8. The molecule has 0 bridgehead atoms. The van der Waals surface area contributed by atoms with Crippen LogP contribution in [0, 0.1) is 6.92 Å². The Morgan fingerprint density at radius 1 is 1.50 bits per heavy atom. The first-order chi connectivity index (χ1) is 9.54. The number of aryl methyl sites for hydroxylation is 1. The maximum Gasteiger partial charge on any atom is 0.319 e. The highest BCUT2D eigenvalue weighted by molar-refractivity contribution is 7.11. The molecule has 2 amide bonds. The SMILES string of the molecule is Cc1cnc(CNC(=O)Nc2cccc(C(C)N)c2)s1. The normalized spacial score (nSPS) is 11.9. The second kappa shape index (κ2) is 6.49. The molecule has 6 heteroatoms. The zero-order valence-corrected chi connectivity index (χ0v) is 12.3. The average molecular weight is 290 g/mol. The Balaban J connectivity index is 1.89. The van der Waals surface area contributed by atoms with Crippen LogP contribution in [0.4, 0.5) is 10.5 Å². The zero-order chi connectivity index (χ0) is 14.5. The molecule has 2 aromatic rings. The van der Waals surface area contributed by atoms with E-state index in [4.69, 9.17) is 5.73 Å². The van der Waals surface area contributed by atoms with Crippen LogP contribution in [0.2, 0.25) is 0 Å². The molecule has 1 aromatic carbocycles. The summed E-state index contributed by atoms with van der Waals surface area (Å²) in [6.45, 7) is 4.32. The summed E-state index contributed by atoms with van der Waals surface area (Å²) in [5.41, 5.74) is 7.53. The number of nitrogens with one attached hydrogen (secondary N) is 2. The second-order valence-electron chi connectivity index (χ2n) is 4.59. The van der Waals surface area contributed by atoms with E-state index in [0.717, 1.165) is 21.1 Å². The minimum absolute atomic E-state index is 0.0573. The first-order valence-electron chi connectivity index (χ1n) is 6.36. The van der Waals surface area contributed by atoms with E-state index >= 15 is 0 Å². The number of hydrogen-bond donors (Lipinski definition) is 3. The summed E-state index contributed by atoms with van der Waals surface area (Å²) in [5.74, 6) is 0. The van der Waals surface area contributed by atoms with E-state index in [1.165, 1.54) is 0 Å². The first-order valence-corrected chi connectivity index (χ1v) is 7.18. The number of carbonyl (C=O) groups excluding carboxylic acids is 1. The van der Waals surface area contributed by atoms with Crippen molar-refractivity contribution in [3.63, 3.8) is 0 Å². The van der Waals surface area contributed by atoms with Gasteiger partial charge in [-0.15, -0.1) is 11.3 Å². The van der Waals surface area contributed by atoms with Gasteiger partial charge in [-0.1, -0.05) is 12.1 Å². The van der Waals surface area contributed by atoms with Gasteiger partial charge in [0.1, 0.15) is 5.01 Å². The number of rotatable bonds is 4. The van der Waals surface area contributed by atoms with Crippen LogP contribution in [0.15, 0.2) is 30.5 Å². The van der Waals surface area contributed by atoms with Crippen LogP contribution in [-0.2, 0) is 6.54 Å². The lowest BCUT2D eigenvalue weighted by Gasteiger charge is -2.10. The molecule has 106 valence electrons. The molecule has 5 nitrogen and oxygen atoms in total. The standard InChI is InChI=1S/C14H18N4OS/c1-9-7-16-13(20-9)8-17-14(19)18-12-5-3-4-11(6-12)10(2)15/h3-7,10H,8,15H2,1-2H3,(H2,17,18,19). The molecule has 0 saturated carbocycles. The number of nitrogens with zero attached hydrogens (tertiary/aromatic N) is 1. The summed E-state index contributed by atoms with van der Waals surface area (Å²) in [6, 6.07) is 7.21. The molecule has 0 saturated heterocycles. The Morgan fingerprint density at radius 3 is 2.95 bits per heavy atom. The molecule has 20 heavy (non-hydrogen) atoms. The Morgan fingerprint density at radius 2 is 2.30 bits per heavy atom. The fourth-order valence-corrected chi connectivity index (χ4v) is 2.44. The van der Waals surface area contributed by atoms with Crippen molar-refractivity contribution < 1.29 is 4.79 Å². The van der Waals surface area contributed by atoms with Gasteiger partial charge in [-0.25, -0.2) is 9.78 Å². The molecule has 0 aliphatic heterocycles. The molecule has 1 unspecified atom stereocenters. The summed E-state index contributed by atoms with van der Waals surface area (Å²) < 4.78 is 0. The summed E-state index contributed by atoms with van der Waals surface area (Å²) in [4.78, 5) is 17.1. The Kier molecular flexibility index (Phi) is 4.70. The lowest BCUT2D eigenvalue weighted by molar-refractivity contribution is 0.251. The van der Waals surface area contributed by atoms with Gasteiger partial charge in [-0.3, -0.25) is 0 Å². The van der Waals surface area contributed by atoms with E-state index in [1.54, 1.807) is 17.5 Å². The molecule has 0 fully saturated rings. The molecular formula is C14H18N4OS. The number of amides is 2. The third-order valence-corrected chi connectivity index (χ3v) is 3.65. The minimum Gasteiger partial charge on any atom is -0.331 e. The first kappa shape index (κ1) is 14.5. The van der Waals surface area contributed by atoms with Crippen LogP contribution in [0.5, 0.6) is 0 Å². The van der Waals surface area contributed by atoms with Crippen molar-refractivity contribution in [2.75, 3.05) is 5.32 Å². The van der Waals surface area contributed by atoms with Gasteiger partial charge >= 0.3 is 6.03 Å². The zero-order valence-electron chi connectivity index (χ0n) is 11.5. The van der Waals surface area contributed by atoms with Gasteiger partial charge in [0.25, 0.3) is 0 Å². The summed E-state index contributed by atoms with van der Waals surface area (Å²) in [6.07, 6.45) is 1.80. The molecule has 0 aliphatic rings. The van der Waals surface area contributed by atoms with E-state index < -0.39 is 0 Å². The molecule has 0 radical (unpaired) electrons. The third kappa shape index (κ3) is 4.04. The highest BCUT2D eigenvalue weighted by Gasteiger charge is 2.05. The molecular weight excluding hydrogens is 272 g/mol. The van der Waals surface area contributed by atoms with Crippen LogP contribution in [0.25, 0.3) is 0 Å². The highest BCUT2D eigenvalue weighted by atomic mass is 32.1. The van der Waals surface area contributed by atoms with E-state index in [0.29, 0.717) is 6.54 Å². The number of urea groups is 1. The van der Waals surface area contributed by atoms with Gasteiger partial charge < -0.3 is 16.4 Å². The summed E-state index contributed by atoms with van der Waals surface area (Å²) in [7, 11) is 0. The van der Waals surface area contributed by atoms with Gasteiger partial charge in [0, 0.05) is 22.8 Å². The Labute approximate surface area is 122 Å². The molecule has 1 atom stereocenters. The molecule has 0 aliphatic carbocycles. The number of aromatic nitrogens is 1. The van der Waals surface area contributed by atoms with Crippen molar-refractivity contribution in [1.29, 1.82) is 0 Å². The van der Waals surface area contributed by atoms with E-state index in [9.17, 15) is 4.79 Å². The van der Waals surface area contributed by atoms with Gasteiger partial charge in [-0.2, -0.15) is 0 Å². The lowest BCUT2D eigenvalue weighted by atomic mass is 10.1. The number of thiazole rings is 1. The van der Waals surface area contributed by atoms with Crippen molar-refractivity contribution in [2.24, 2.45) is 5.73 Å². The predicted octanol–water partition coefficient (Wildman–Crippen LogP) is 2.79. The van der Waals surface area contributed by atoms with E-state index in [2.05, 4.69) is 15.6 Å². The summed E-state index contributed by atoms with van der Waals surface area (Å²) in [5, 5.41) is 6.45. The smallest absolute Gasteiger partial charge is 0.319 e. The topological polar surface area (TPSA) is 80.0 Å². The van der Waals surface area contributed by atoms with Gasteiger partial charge in [0.05, 0.1) is 6.54 Å². The fourth-order valence-electron chi connectivity index (χ4n) is 1.71. The Bertz CT molecular complexity index is 594. The molecule has 0 spiro atoms. The number of benzene rings is 1. The van der Waals surface area contributed by atoms with Crippen molar-refractivity contribution in [3.05, 3.63) is 45.9 Å². The fraction of sp³-hybridized carbons (Fsp3) is 0.286. The largest absolute Gasteiger partial charge is 0.331 e. The number of nitrogens with two attached hydrogens (primary N) is 1. The van der Waals surface area contributed by atoms with Crippen LogP contribution >= 0.6 is 11.3 Å². The number of carbonyl (C=O) groups is 1. The van der Waals surface area contributed by atoms with Crippen LogP contribution < -0.4 is 16.4 Å². The van der Waals surface area contributed by atoms with Gasteiger partial charge in [0.2, 0.25) is 0 Å². The average Bonchev–Trinajstić information content (AvgIpc) is 2.82. The lowest BCUT2D eigenvalue weighted by Crippen LogP contribution is -2.28. The quantitative estimate of drug-likeness (QED) is 0.810. The highest BCUT2D eigenvalue weighted by Crippen LogP contribution is 2.15. The van der Waals surface area contributed by atoms with Crippen molar-refractivity contribution in [1.82, 2.24) is 10.3 Å². The van der Waals surface area contributed by atoms with Gasteiger partial charge in [0.15, 0.2) is 0 Å². The molecule has 4 N–H and O–H groups in total. The van der Waals surface area contributed by atoms with E-state index in [-0.39, 0.29) is 12.1 Å². The molecule has 1 heterocycles. The second-order valence-corrected chi connectivity index (χ2v) is 5.91. The number of hydrogen-bond acceptors (Lipinski definition) is 4. The van der Waals surface area contributed by atoms with Crippen molar-refractivity contribution in [3.8, 4) is 0 Å². The Hall–Kier alpha value is -1.92. The predicted molar refractivity (Wildman–Crippen MR) is 81.8 cm³/mol. The van der Waals surface area contributed by atoms with Crippen LogP contribution in [-0.4, -0.2) is 11.0 Å². The minimum atomic E-state index is -0.250. The monoisotopic (exact) mass is 290 g/mol. The molecule has 1 aromatic heterocycles. The molecule has 2 rings (SSSR count). The van der Waals surface area contributed by atoms with Gasteiger partial charge in [-0.05, 0) is 31.5 Å². The maximum absolute atomic E-state index is 11.8. The van der Waals surface area contributed by atoms with Crippen molar-refractivity contribution >= 4 is 23.1 Å². The van der Waals surface area contributed by atoms with Crippen LogP contribution in [0.1, 0.15) is 28.4 Å². The third-order valence-electron chi connectivity index (χ3n) is 2.74. The summed E-state index contributed by atoms with van der Waals surface area (Å²) >= 11 is 1.57.